The van der Waals surface area contributed by atoms with Gasteiger partial charge in [0.1, 0.15) is 10.9 Å². The Morgan fingerprint density at radius 1 is 1.09 bits per heavy atom. The number of aromatic carboxylic acids is 1. The zero-order valence-corrected chi connectivity index (χ0v) is 19.7. The van der Waals surface area contributed by atoms with Gasteiger partial charge in [-0.3, -0.25) is 4.72 Å². The van der Waals surface area contributed by atoms with Gasteiger partial charge in [-0.25, -0.2) is 21.6 Å². The van der Waals surface area contributed by atoms with Gasteiger partial charge >= 0.3 is 5.97 Å². The predicted octanol–water partition coefficient (Wildman–Crippen LogP) is 4.07. The molecular formula is C22H18N2O6S3. The van der Waals surface area contributed by atoms with E-state index in [4.69, 9.17) is 5.26 Å². The van der Waals surface area contributed by atoms with Gasteiger partial charge in [0, 0.05) is 16.7 Å². The van der Waals surface area contributed by atoms with Crippen LogP contribution < -0.4 is 4.72 Å². The van der Waals surface area contributed by atoms with Crippen LogP contribution in [0.25, 0.3) is 10.4 Å². The van der Waals surface area contributed by atoms with Crippen LogP contribution in [0, 0.1) is 11.3 Å². The molecule has 1 heterocycles. The highest BCUT2D eigenvalue weighted by molar-refractivity contribution is 7.92. The third kappa shape index (κ3) is 4.78. The van der Waals surface area contributed by atoms with Crippen molar-refractivity contribution in [2.75, 3.05) is 11.0 Å². The average molecular weight is 503 g/mol. The number of hydrogen-bond donors (Lipinski definition) is 2. The third-order valence-electron chi connectivity index (χ3n) is 5.21. The molecule has 0 bridgehead atoms. The monoisotopic (exact) mass is 502 g/mol. The van der Waals surface area contributed by atoms with Gasteiger partial charge < -0.3 is 5.11 Å². The van der Waals surface area contributed by atoms with E-state index < -0.39 is 25.8 Å². The molecule has 1 fully saturated rings. The Kier molecular flexibility index (Phi) is 5.78. The number of carboxylic acid groups (broad SMARTS) is 1. The SMILES string of the molecule is CS(=O)(=O)c1ccc(-c2ccc(C#N)s2)c(NS(=O)(=O)c2cc(C(=O)O)ccc2C2CC2)c1. The number of anilines is 1. The third-order valence-corrected chi connectivity index (χ3v) is 8.77. The van der Waals surface area contributed by atoms with Gasteiger partial charge in [0.2, 0.25) is 0 Å². The molecule has 1 aliphatic carbocycles. The maximum atomic E-state index is 13.4. The van der Waals surface area contributed by atoms with Crippen LogP contribution in [0.2, 0.25) is 0 Å². The molecule has 1 saturated carbocycles. The fourth-order valence-corrected chi connectivity index (χ4v) is 6.31. The van der Waals surface area contributed by atoms with E-state index in [0.717, 1.165) is 36.5 Å². The van der Waals surface area contributed by atoms with Gasteiger partial charge in [0.15, 0.2) is 9.84 Å². The first-order valence-electron chi connectivity index (χ1n) is 9.74. The second-order valence-corrected chi connectivity index (χ2v) is 12.4. The molecule has 8 nitrogen and oxygen atoms in total. The molecular weight excluding hydrogens is 484 g/mol. The van der Waals surface area contributed by atoms with Gasteiger partial charge in [-0.15, -0.1) is 11.3 Å². The Morgan fingerprint density at radius 3 is 2.39 bits per heavy atom. The van der Waals surface area contributed by atoms with Crippen LogP contribution in [0.5, 0.6) is 0 Å². The average Bonchev–Trinajstić information content (AvgIpc) is 3.49. The van der Waals surface area contributed by atoms with Gasteiger partial charge in [-0.2, -0.15) is 5.26 Å². The summed E-state index contributed by atoms with van der Waals surface area (Å²) in [5.41, 5.74) is 0.782. The number of carbonyl (C=O) groups is 1. The molecule has 33 heavy (non-hydrogen) atoms. The topological polar surface area (TPSA) is 141 Å². The molecule has 2 N–H and O–H groups in total. The first kappa shape index (κ1) is 23.0. The number of carboxylic acids is 1. The van der Waals surface area contributed by atoms with E-state index in [9.17, 15) is 26.7 Å². The highest BCUT2D eigenvalue weighted by Gasteiger charge is 2.32. The molecule has 1 aliphatic rings. The molecule has 170 valence electrons. The molecule has 0 spiro atoms. The molecule has 0 radical (unpaired) electrons. The number of sulfonamides is 1. The van der Waals surface area contributed by atoms with Gasteiger partial charge in [-0.1, -0.05) is 12.1 Å². The van der Waals surface area contributed by atoms with E-state index >= 15 is 0 Å². The maximum Gasteiger partial charge on any atom is 0.335 e. The largest absolute Gasteiger partial charge is 0.478 e. The Morgan fingerprint density at radius 2 is 1.82 bits per heavy atom. The minimum Gasteiger partial charge on any atom is -0.478 e. The van der Waals surface area contributed by atoms with E-state index in [1.54, 1.807) is 12.1 Å². The molecule has 3 aromatic rings. The van der Waals surface area contributed by atoms with Crippen molar-refractivity contribution in [3.05, 3.63) is 64.5 Å². The Bertz CT molecular complexity index is 1530. The van der Waals surface area contributed by atoms with E-state index in [1.807, 2.05) is 6.07 Å². The van der Waals surface area contributed by atoms with Crippen molar-refractivity contribution >= 4 is 42.9 Å². The lowest BCUT2D eigenvalue weighted by atomic mass is 10.1. The minimum atomic E-state index is -4.27. The predicted molar refractivity (Wildman–Crippen MR) is 124 cm³/mol. The van der Waals surface area contributed by atoms with E-state index in [2.05, 4.69) is 4.72 Å². The lowest BCUT2D eigenvalue weighted by Gasteiger charge is -2.16. The number of sulfone groups is 1. The van der Waals surface area contributed by atoms with Crippen LogP contribution in [-0.2, 0) is 19.9 Å². The van der Waals surface area contributed by atoms with Crippen LogP contribution in [0.3, 0.4) is 0 Å². The molecule has 4 rings (SSSR count). The zero-order valence-electron chi connectivity index (χ0n) is 17.3. The zero-order chi connectivity index (χ0) is 24.0. The molecule has 1 aromatic heterocycles. The summed E-state index contributed by atoms with van der Waals surface area (Å²) in [4.78, 5) is 12.2. The molecule has 0 atom stereocenters. The van der Waals surface area contributed by atoms with Crippen molar-refractivity contribution in [2.45, 2.75) is 28.6 Å². The highest BCUT2D eigenvalue weighted by atomic mass is 32.2. The number of nitrogens with zero attached hydrogens (tertiary/aromatic N) is 1. The lowest BCUT2D eigenvalue weighted by molar-refractivity contribution is 0.0696. The molecule has 2 aromatic carbocycles. The fourth-order valence-electron chi connectivity index (χ4n) is 3.43. The van der Waals surface area contributed by atoms with Crippen molar-refractivity contribution in [3.8, 4) is 16.5 Å². The Hall–Kier alpha value is -3.20. The van der Waals surface area contributed by atoms with E-state index in [-0.39, 0.29) is 27.0 Å². The maximum absolute atomic E-state index is 13.4. The van der Waals surface area contributed by atoms with Gasteiger partial charge in [-0.05, 0) is 60.7 Å². The Balaban J connectivity index is 1.86. The standard InChI is InChI=1S/C22H18N2O6S3/c1-32(27,28)16-6-8-18(20-9-5-15(12-23)31-20)19(11-16)24-33(29,30)21-10-14(22(25)26)4-7-17(21)13-2-3-13/h4-11,13,24H,2-3H2,1H3,(H,25,26). The number of hydrogen-bond acceptors (Lipinski definition) is 7. The van der Waals surface area contributed by atoms with Crippen LogP contribution in [0.1, 0.15) is 39.6 Å². The first-order chi connectivity index (χ1) is 15.5. The number of nitriles is 1. The smallest absolute Gasteiger partial charge is 0.335 e. The Labute approximate surface area is 195 Å². The molecule has 0 unspecified atom stereocenters. The summed E-state index contributed by atoms with van der Waals surface area (Å²) < 4.78 is 53.5. The second kappa shape index (κ2) is 8.30. The lowest BCUT2D eigenvalue weighted by Crippen LogP contribution is -2.17. The van der Waals surface area contributed by atoms with Crippen LogP contribution in [-0.4, -0.2) is 34.2 Å². The van der Waals surface area contributed by atoms with Gasteiger partial charge in [0.05, 0.1) is 21.0 Å². The van der Waals surface area contributed by atoms with Crippen LogP contribution in [0.4, 0.5) is 5.69 Å². The highest BCUT2D eigenvalue weighted by Crippen LogP contribution is 2.44. The molecule has 0 amide bonds. The van der Waals surface area contributed by atoms with Crippen molar-refractivity contribution < 1.29 is 26.7 Å². The summed E-state index contributed by atoms with van der Waals surface area (Å²) in [6.07, 6.45) is 2.62. The van der Waals surface area contributed by atoms with Crippen molar-refractivity contribution in [3.63, 3.8) is 0 Å². The quantitative estimate of drug-likeness (QED) is 0.496. The summed E-state index contributed by atoms with van der Waals surface area (Å²) in [7, 11) is -7.90. The summed E-state index contributed by atoms with van der Waals surface area (Å²) in [5, 5.41) is 18.5. The number of thiophene rings is 1. The molecule has 0 aliphatic heterocycles. The summed E-state index contributed by atoms with van der Waals surface area (Å²) >= 11 is 1.14. The number of benzene rings is 2. The van der Waals surface area contributed by atoms with Gasteiger partial charge in [0.25, 0.3) is 10.0 Å². The van der Waals surface area contributed by atoms with Crippen LogP contribution in [0.15, 0.2) is 58.3 Å². The minimum absolute atomic E-state index is 0.0201. The summed E-state index contributed by atoms with van der Waals surface area (Å²) in [6, 6.07) is 13.3. The number of nitrogens with one attached hydrogen (secondary N) is 1. The first-order valence-corrected chi connectivity index (χ1v) is 13.9. The van der Waals surface area contributed by atoms with Crippen molar-refractivity contribution in [1.82, 2.24) is 0 Å². The van der Waals surface area contributed by atoms with E-state index in [0.29, 0.717) is 20.9 Å². The summed E-state index contributed by atoms with van der Waals surface area (Å²) in [6.45, 7) is 0. The normalized spacial score (nSPS) is 13.9. The van der Waals surface area contributed by atoms with Crippen molar-refractivity contribution in [1.29, 1.82) is 5.26 Å². The molecule has 11 heteroatoms. The van der Waals surface area contributed by atoms with Crippen LogP contribution >= 0.6 is 11.3 Å². The summed E-state index contributed by atoms with van der Waals surface area (Å²) in [5.74, 6) is -1.23. The second-order valence-electron chi connectivity index (χ2n) is 7.69. The number of rotatable bonds is 7. The fraction of sp³-hybridized carbons (Fsp3) is 0.182. The van der Waals surface area contributed by atoms with Crippen molar-refractivity contribution in [2.24, 2.45) is 0 Å². The van der Waals surface area contributed by atoms with E-state index in [1.165, 1.54) is 30.3 Å². The molecule has 0 saturated heterocycles.